The third-order valence-corrected chi connectivity index (χ3v) is 4.06. The first-order chi connectivity index (χ1) is 13.0. The molecule has 2 rings (SSSR count). The molecule has 0 atom stereocenters. The van der Waals surface area contributed by atoms with Gasteiger partial charge in [0.05, 0.1) is 23.8 Å². The summed E-state index contributed by atoms with van der Waals surface area (Å²) in [5, 5.41) is 12.6. The van der Waals surface area contributed by atoms with Crippen LogP contribution in [0, 0.1) is 11.3 Å². The molecule has 2 aromatic carbocycles. The highest BCUT2D eigenvalue weighted by molar-refractivity contribution is 6.37. The summed E-state index contributed by atoms with van der Waals surface area (Å²) in [7, 11) is 1.55. The minimum absolute atomic E-state index is 0.0832. The van der Waals surface area contributed by atoms with Crippen LogP contribution in [0.1, 0.15) is 18.9 Å². The van der Waals surface area contributed by atoms with Crippen molar-refractivity contribution in [2.45, 2.75) is 13.3 Å². The van der Waals surface area contributed by atoms with Gasteiger partial charge in [0, 0.05) is 5.69 Å². The highest BCUT2D eigenvalue weighted by Gasteiger charge is 2.13. The third-order valence-electron chi connectivity index (χ3n) is 3.50. The number of nitrogens with one attached hydrogen (secondary N) is 1. The summed E-state index contributed by atoms with van der Waals surface area (Å²) in [6, 6.07) is 11.9. The molecule has 1 N–H and O–H groups in total. The highest BCUT2D eigenvalue weighted by atomic mass is 35.5. The lowest BCUT2D eigenvalue weighted by Crippen LogP contribution is -2.13. The van der Waals surface area contributed by atoms with Crippen molar-refractivity contribution in [3.8, 4) is 17.6 Å². The van der Waals surface area contributed by atoms with Crippen molar-refractivity contribution in [1.82, 2.24) is 0 Å². The highest BCUT2D eigenvalue weighted by Crippen LogP contribution is 2.35. The molecule has 5 nitrogen and oxygen atoms in total. The quantitative estimate of drug-likeness (QED) is 0.499. The van der Waals surface area contributed by atoms with Gasteiger partial charge in [0.25, 0.3) is 5.91 Å². The molecule has 0 radical (unpaired) electrons. The molecule has 0 fully saturated rings. The van der Waals surface area contributed by atoms with Gasteiger partial charge in [-0.25, -0.2) is 0 Å². The van der Waals surface area contributed by atoms with Crippen molar-refractivity contribution < 1.29 is 14.3 Å². The Morgan fingerprint density at radius 2 is 1.85 bits per heavy atom. The lowest BCUT2D eigenvalue weighted by atomic mass is 10.1. The molecule has 0 aliphatic rings. The average Bonchev–Trinajstić information content (AvgIpc) is 2.66. The number of benzene rings is 2. The van der Waals surface area contributed by atoms with E-state index in [0.29, 0.717) is 39.4 Å². The Balaban J connectivity index is 2.21. The molecule has 0 aromatic heterocycles. The predicted octanol–water partition coefficient (Wildman–Crippen LogP) is 5.34. The van der Waals surface area contributed by atoms with E-state index in [1.54, 1.807) is 43.5 Å². The maximum atomic E-state index is 12.4. The second-order valence-corrected chi connectivity index (χ2v) is 6.33. The number of carbonyl (C=O) groups excluding carboxylic acids is 1. The van der Waals surface area contributed by atoms with Gasteiger partial charge in [0.2, 0.25) is 0 Å². The van der Waals surface area contributed by atoms with Gasteiger partial charge in [0.15, 0.2) is 5.75 Å². The van der Waals surface area contributed by atoms with E-state index in [2.05, 4.69) is 5.32 Å². The summed E-state index contributed by atoms with van der Waals surface area (Å²) in [6.07, 6.45) is 2.23. The van der Waals surface area contributed by atoms with Crippen LogP contribution in [0.15, 0.2) is 42.0 Å². The minimum Gasteiger partial charge on any atom is -0.497 e. The second kappa shape index (κ2) is 9.86. The van der Waals surface area contributed by atoms with Gasteiger partial charge in [-0.2, -0.15) is 5.26 Å². The Morgan fingerprint density at radius 1 is 1.22 bits per heavy atom. The molecule has 0 aliphatic heterocycles. The zero-order chi connectivity index (χ0) is 19.8. The average molecular weight is 405 g/mol. The Morgan fingerprint density at radius 3 is 2.37 bits per heavy atom. The van der Waals surface area contributed by atoms with E-state index in [1.165, 1.54) is 6.08 Å². The zero-order valence-corrected chi connectivity index (χ0v) is 16.4. The fraction of sp³-hybridized carbons (Fsp3) is 0.200. The van der Waals surface area contributed by atoms with Gasteiger partial charge >= 0.3 is 0 Å². The molecule has 0 saturated carbocycles. The maximum Gasteiger partial charge on any atom is 0.266 e. The van der Waals surface area contributed by atoms with Crippen LogP contribution in [-0.2, 0) is 4.79 Å². The Kier molecular flexibility index (Phi) is 7.54. The van der Waals surface area contributed by atoms with Crippen LogP contribution in [0.3, 0.4) is 0 Å². The normalized spacial score (nSPS) is 10.9. The van der Waals surface area contributed by atoms with Crippen molar-refractivity contribution in [2.24, 2.45) is 0 Å². The fourth-order valence-electron chi connectivity index (χ4n) is 2.19. The smallest absolute Gasteiger partial charge is 0.266 e. The minimum atomic E-state index is -0.541. The van der Waals surface area contributed by atoms with Crippen molar-refractivity contribution in [1.29, 1.82) is 5.26 Å². The van der Waals surface area contributed by atoms with Crippen LogP contribution in [0.25, 0.3) is 6.08 Å². The first kappa shape index (κ1) is 20.6. The number of ether oxygens (including phenoxy) is 2. The molecule has 0 unspecified atom stereocenters. The number of hydrogen-bond donors (Lipinski definition) is 1. The first-order valence-electron chi connectivity index (χ1n) is 8.17. The number of nitriles is 1. The van der Waals surface area contributed by atoms with Gasteiger partial charge in [-0.1, -0.05) is 30.1 Å². The fourth-order valence-corrected chi connectivity index (χ4v) is 2.81. The zero-order valence-electron chi connectivity index (χ0n) is 14.9. The molecule has 2 aromatic rings. The lowest BCUT2D eigenvalue weighted by molar-refractivity contribution is -0.112. The molecule has 0 aliphatic carbocycles. The van der Waals surface area contributed by atoms with Crippen molar-refractivity contribution in [2.75, 3.05) is 19.0 Å². The SMILES string of the molecule is CCCOc1c(Cl)cc(/C=C(\C#N)C(=O)Nc2ccc(OC)cc2)cc1Cl. The Labute approximate surface area is 168 Å². The van der Waals surface area contributed by atoms with Gasteiger partial charge in [-0.15, -0.1) is 0 Å². The number of methoxy groups -OCH3 is 1. The van der Waals surface area contributed by atoms with Gasteiger partial charge in [-0.05, 0) is 54.5 Å². The van der Waals surface area contributed by atoms with Crippen LogP contribution in [0.4, 0.5) is 5.69 Å². The molecular weight excluding hydrogens is 387 g/mol. The van der Waals surface area contributed by atoms with Gasteiger partial charge in [-0.3, -0.25) is 4.79 Å². The number of halogens is 2. The van der Waals surface area contributed by atoms with Crippen molar-refractivity contribution in [3.05, 3.63) is 57.6 Å². The lowest BCUT2D eigenvalue weighted by Gasteiger charge is -2.10. The van der Waals surface area contributed by atoms with E-state index in [9.17, 15) is 10.1 Å². The van der Waals surface area contributed by atoms with E-state index in [1.807, 2.05) is 13.0 Å². The van der Waals surface area contributed by atoms with Crippen LogP contribution in [-0.4, -0.2) is 19.6 Å². The molecule has 7 heteroatoms. The van der Waals surface area contributed by atoms with Gasteiger partial charge < -0.3 is 14.8 Å². The van der Waals surface area contributed by atoms with Crippen molar-refractivity contribution >= 4 is 40.9 Å². The van der Waals surface area contributed by atoms with Crippen LogP contribution < -0.4 is 14.8 Å². The molecular formula is C20H18Cl2N2O3. The predicted molar refractivity (Wildman–Crippen MR) is 107 cm³/mol. The molecule has 0 saturated heterocycles. The van der Waals surface area contributed by atoms with Crippen LogP contribution in [0.2, 0.25) is 10.0 Å². The number of hydrogen-bond acceptors (Lipinski definition) is 4. The monoisotopic (exact) mass is 404 g/mol. The maximum absolute atomic E-state index is 12.4. The van der Waals surface area contributed by atoms with E-state index in [-0.39, 0.29) is 5.57 Å². The molecule has 1 amide bonds. The third kappa shape index (κ3) is 5.65. The Hall–Kier alpha value is -2.68. The number of amides is 1. The summed E-state index contributed by atoms with van der Waals surface area (Å²) in [4.78, 5) is 12.4. The van der Waals surface area contributed by atoms with E-state index in [4.69, 9.17) is 32.7 Å². The molecule has 27 heavy (non-hydrogen) atoms. The summed E-state index contributed by atoms with van der Waals surface area (Å²) in [5.41, 5.74) is 0.983. The van der Waals surface area contributed by atoms with Gasteiger partial charge in [0.1, 0.15) is 17.4 Å². The summed E-state index contributed by atoms with van der Waals surface area (Å²) in [5.74, 6) is 0.512. The van der Waals surface area contributed by atoms with Crippen LogP contribution in [0.5, 0.6) is 11.5 Å². The number of nitrogens with zero attached hydrogens (tertiary/aromatic N) is 1. The van der Waals surface area contributed by atoms with E-state index in [0.717, 1.165) is 6.42 Å². The second-order valence-electron chi connectivity index (χ2n) is 5.51. The first-order valence-corrected chi connectivity index (χ1v) is 8.93. The molecule has 0 heterocycles. The number of carbonyl (C=O) groups is 1. The molecule has 0 bridgehead atoms. The standard InChI is InChI=1S/C20H18Cl2N2O3/c1-3-8-27-19-17(21)10-13(11-18(19)22)9-14(12-23)20(25)24-15-4-6-16(26-2)7-5-15/h4-7,9-11H,3,8H2,1-2H3,(H,24,25)/b14-9+. The molecule has 140 valence electrons. The number of anilines is 1. The van der Waals surface area contributed by atoms with E-state index < -0.39 is 5.91 Å². The largest absolute Gasteiger partial charge is 0.497 e. The number of rotatable bonds is 7. The molecule has 0 spiro atoms. The summed E-state index contributed by atoms with van der Waals surface area (Å²) < 4.78 is 10.6. The van der Waals surface area contributed by atoms with E-state index >= 15 is 0 Å². The van der Waals surface area contributed by atoms with Crippen molar-refractivity contribution in [3.63, 3.8) is 0 Å². The summed E-state index contributed by atoms with van der Waals surface area (Å²) >= 11 is 12.4. The van der Waals surface area contributed by atoms with Crippen LogP contribution >= 0.6 is 23.2 Å². The summed E-state index contributed by atoms with van der Waals surface area (Å²) in [6.45, 7) is 2.46. The Bertz CT molecular complexity index is 864. The topological polar surface area (TPSA) is 71.3 Å².